The lowest BCUT2D eigenvalue weighted by molar-refractivity contribution is -0.129. The number of alkyl halides is 3. The van der Waals surface area contributed by atoms with Crippen LogP contribution in [0.2, 0.25) is 5.02 Å². The summed E-state index contributed by atoms with van der Waals surface area (Å²) >= 11 is 6.25. The second-order valence-electron chi connectivity index (χ2n) is 11.4. The van der Waals surface area contributed by atoms with E-state index < -0.39 is 39.9 Å². The molecule has 1 unspecified atom stereocenters. The molecule has 2 aliphatic rings. The molecule has 1 aliphatic carbocycles. The third kappa shape index (κ3) is 8.17. The van der Waals surface area contributed by atoms with Gasteiger partial charge in [-0.05, 0) is 98.2 Å². The lowest BCUT2D eigenvalue weighted by Gasteiger charge is -2.43. The van der Waals surface area contributed by atoms with Gasteiger partial charge in [0.15, 0.2) is 5.25 Å². The number of benzene rings is 2. The van der Waals surface area contributed by atoms with Crippen LogP contribution >= 0.6 is 11.6 Å². The lowest BCUT2D eigenvalue weighted by Crippen LogP contribution is -2.45. The summed E-state index contributed by atoms with van der Waals surface area (Å²) in [5, 5.41) is 8.46. The van der Waals surface area contributed by atoms with Gasteiger partial charge in [-0.3, -0.25) is 4.79 Å². The van der Waals surface area contributed by atoms with Crippen LogP contribution in [-0.2, 0) is 23.1 Å². The van der Waals surface area contributed by atoms with Gasteiger partial charge < -0.3 is 14.7 Å². The highest BCUT2D eigenvalue weighted by Crippen LogP contribution is 2.41. The van der Waals surface area contributed by atoms with Crippen LogP contribution in [0.25, 0.3) is 0 Å². The van der Waals surface area contributed by atoms with Crippen LogP contribution in [0.3, 0.4) is 0 Å². The maximum absolute atomic E-state index is 13.5. The summed E-state index contributed by atoms with van der Waals surface area (Å²) in [4.78, 5) is 15.2. The first-order valence-electron chi connectivity index (χ1n) is 14.7. The number of aliphatic hydroxyl groups excluding tert-OH is 1. The number of nitrogens with one attached hydrogen (secondary N) is 1. The zero-order valence-electron chi connectivity index (χ0n) is 24.4. The Hall–Kier alpha value is -3.02. The Kier molecular flexibility index (Phi) is 11.1. The van der Waals surface area contributed by atoms with E-state index in [0.29, 0.717) is 36.0 Å². The van der Waals surface area contributed by atoms with Gasteiger partial charge in [-0.25, -0.2) is 13.1 Å². The number of ether oxygens (including phenoxy) is 1. The van der Waals surface area contributed by atoms with Crippen LogP contribution in [0, 0.1) is 11.8 Å². The van der Waals surface area contributed by atoms with E-state index in [1.54, 1.807) is 16.9 Å². The maximum atomic E-state index is 13.5. The molecular formula is C32H38ClF3N2O5S. The van der Waals surface area contributed by atoms with Crippen molar-refractivity contribution in [2.75, 3.05) is 18.0 Å². The summed E-state index contributed by atoms with van der Waals surface area (Å²) in [5.74, 6) is -0.510. The number of aryl methyl sites for hydroxylation is 1. The maximum Gasteiger partial charge on any atom is 0.407 e. The number of amides is 1. The minimum absolute atomic E-state index is 0.0720. The molecule has 12 heteroatoms. The second kappa shape index (κ2) is 14.4. The van der Waals surface area contributed by atoms with Crippen molar-refractivity contribution in [2.24, 2.45) is 11.8 Å². The van der Waals surface area contributed by atoms with Gasteiger partial charge in [0, 0.05) is 23.7 Å². The highest BCUT2D eigenvalue weighted by atomic mass is 35.5. The molecule has 44 heavy (non-hydrogen) atoms. The second-order valence-corrected chi connectivity index (χ2v) is 13.7. The molecule has 0 saturated heterocycles. The first-order chi connectivity index (χ1) is 20.8. The highest BCUT2D eigenvalue weighted by Gasteiger charge is 2.48. The smallest absolute Gasteiger partial charge is 0.407 e. The quantitative estimate of drug-likeness (QED) is 0.281. The standard InChI is InChI=1S/C32H38ClF3N2O5S/c1-3-7-28(39)26-14-11-23(26)19-38-16-6-5-9-21-17-25(33)13-10-24(21)20-43-29-15-12-22(18-27(29)38)31(40)37-44(41,42)30(8-4-2)32(34,35)36/h3-4,10,12-13,15,17-18,23,26,28,30,39H,1-2,5-9,11,14,16,19-20H2,(H,37,40)/t23?,26-,28+,30-/m1/s1. The normalized spacial score (nSPS) is 20.4. The van der Waals surface area contributed by atoms with Gasteiger partial charge in [-0.15, -0.1) is 13.2 Å². The molecule has 1 aliphatic heterocycles. The largest absolute Gasteiger partial charge is 0.487 e. The Balaban J connectivity index is 1.68. The summed E-state index contributed by atoms with van der Waals surface area (Å²) in [6, 6.07) is 9.94. The third-order valence-corrected chi connectivity index (χ3v) is 10.3. The number of nitrogens with zero attached hydrogens (tertiary/aromatic N) is 1. The number of allylic oxidation sites excluding steroid dienone is 1. The molecule has 0 radical (unpaired) electrons. The topological polar surface area (TPSA) is 95.9 Å². The van der Waals surface area contributed by atoms with E-state index in [1.807, 2.05) is 12.1 Å². The molecule has 240 valence electrons. The number of rotatable bonds is 10. The number of hydrogen-bond donors (Lipinski definition) is 2. The molecule has 1 fully saturated rings. The van der Waals surface area contributed by atoms with Crippen molar-refractivity contribution in [1.82, 2.24) is 4.72 Å². The summed E-state index contributed by atoms with van der Waals surface area (Å²) in [6.45, 7) is 8.28. The Labute approximate surface area is 261 Å². The number of carbonyl (C=O) groups is 1. The van der Waals surface area contributed by atoms with E-state index in [0.717, 1.165) is 49.3 Å². The Morgan fingerprint density at radius 2 is 1.86 bits per heavy atom. The van der Waals surface area contributed by atoms with Crippen LogP contribution < -0.4 is 14.4 Å². The summed E-state index contributed by atoms with van der Waals surface area (Å²) in [5.41, 5.74) is 2.42. The zero-order valence-corrected chi connectivity index (χ0v) is 25.9. The number of aliphatic hydroxyl groups is 1. The van der Waals surface area contributed by atoms with E-state index in [4.69, 9.17) is 16.3 Å². The number of hydrogen-bond acceptors (Lipinski definition) is 6. The van der Waals surface area contributed by atoms with Gasteiger partial charge in [-0.2, -0.15) is 13.2 Å². The molecule has 0 aromatic heterocycles. The van der Waals surface area contributed by atoms with Crippen LogP contribution in [0.1, 0.15) is 60.0 Å². The van der Waals surface area contributed by atoms with E-state index in [1.165, 1.54) is 18.2 Å². The van der Waals surface area contributed by atoms with Crippen molar-refractivity contribution >= 4 is 33.2 Å². The predicted molar refractivity (Wildman–Crippen MR) is 165 cm³/mol. The van der Waals surface area contributed by atoms with Gasteiger partial charge in [0.25, 0.3) is 5.91 Å². The van der Waals surface area contributed by atoms with Crippen molar-refractivity contribution < 1.29 is 36.2 Å². The van der Waals surface area contributed by atoms with Gasteiger partial charge in [0.05, 0.1) is 11.8 Å². The van der Waals surface area contributed by atoms with Gasteiger partial charge >= 0.3 is 6.18 Å². The lowest BCUT2D eigenvalue weighted by atomic mass is 9.69. The number of anilines is 1. The molecule has 2 N–H and O–H groups in total. The molecule has 7 nitrogen and oxygen atoms in total. The molecule has 4 atom stereocenters. The Morgan fingerprint density at radius 3 is 2.52 bits per heavy atom. The minimum atomic E-state index is -5.11. The van der Waals surface area contributed by atoms with E-state index in [-0.39, 0.29) is 24.0 Å². The Morgan fingerprint density at radius 1 is 1.11 bits per heavy atom. The van der Waals surface area contributed by atoms with Crippen molar-refractivity contribution in [3.8, 4) is 5.75 Å². The first kappa shape index (κ1) is 33.9. The van der Waals surface area contributed by atoms with Crippen molar-refractivity contribution in [3.05, 3.63) is 83.4 Å². The summed E-state index contributed by atoms with van der Waals surface area (Å²) in [6.07, 6.45) is 0.672. The first-order valence-corrected chi connectivity index (χ1v) is 16.6. The summed E-state index contributed by atoms with van der Waals surface area (Å²) < 4.78 is 73.7. The third-order valence-electron chi connectivity index (χ3n) is 8.43. The number of halogens is 4. The Bertz CT molecular complexity index is 1470. The van der Waals surface area contributed by atoms with Crippen LogP contribution in [0.4, 0.5) is 18.9 Å². The molecule has 1 saturated carbocycles. The fraction of sp³-hybridized carbons (Fsp3) is 0.469. The van der Waals surface area contributed by atoms with Crippen molar-refractivity contribution in [2.45, 2.75) is 69.1 Å². The molecule has 1 heterocycles. The van der Waals surface area contributed by atoms with Gasteiger partial charge in [0.2, 0.25) is 10.0 Å². The van der Waals surface area contributed by atoms with Gasteiger partial charge in [-0.1, -0.05) is 29.8 Å². The van der Waals surface area contributed by atoms with Crippen molar-refractivity contribution in [3.63, 3.8) is 0 Å². The average Bonchev–Trinajstić information content (AvgIpc) is 2.96. The number of carbonyl (C=O) groups excluding carboxylic acids is 1. The molecule has 4 rings (SSSR count). The monoisotopic (exact) mass is 654 g/mol. The molecule has 2 aromatic carbocycles. The SMILES string of the molecule is C=CC[C@H](C(F)(F)F)S(=O)(=O)NC(=O)c1ccc2c(c1)N(CC1CC[C@H]1[C@@H](O)CC=C)CCCCc1cc(Cl)ccc1CO2. The van der Waals surface area contributed by atoms with Crippen LogP contribution in [0.5, 0.6) is 5.75 Å². The molecule has 1 amide bonds. The predicted octanol–water partition coefficient (Wildman–Crippen LogP) is 6.59. The van der Waals surface area contributed by atoms with Gasteiger partial charge in [0.1, 0.15) is 12.4 Å². The van der Waals surface area contributed by atoms with Crippen LogP contribution in [-0.4, -0.2) is 50.1 Å². The van der Waals surface area contributed by atoms with E-state index >= 15 is 0 Å². The number of fused-ring (bicyclic) bond motifs is 2. The molecule has 2 aromatic rings. The number of sulfonamides is 1. The molecule has 0 bridgehead atoms. The molecular weight excluding hydrogens is 617 g/mol. The van der Waals surface area contributed by atoms with E-state index in [9.17, 15) is 31.5 Å². The minimum Gasteiger partial charge on any atom is -0.487 e. The zero-order chi connectivity index (χ0) is 32.1. The highest BCUT2D eigenvalue weighted by molar-refractivity contribution is 7.90. The molecule has 0 spiro atoms. The summed E-state index contributed by atoms with van der Waals surface area (Å²) in [7, 11) is -5.11. The van der Waals surface area contributed by atoms with Crippen LogP contribution in [0.15, 0.2) is 61.7 Å². The van der Waals surface area contributed by atoms with E-state index in [2.05, 4.69) is 18.1 Å². The fourth-order valence-corrected chi connectivity index (χ4v) is 7.34. The average molecular weight is 655 g/mol. The fourth-order valence-electron chi connectivity index (χ4n) is 5.88. The van der Waals surface area contributed by atoms with Crippen molar-refractivity contribution in [1.29, 1.82) is 0 Å².